The Bertz CT molecular complexity index is 4060. The Morgan fingerprint density at radius 3 is 1.13 bits per heavy atom. The number of para-hydroxylation sites is 2. The zero-order chi connectivity index (χ0) is 44.0. The summed E-state index contributed by atoms with van der Waals surface area (Å²) in [5, 5.41) is 10.6. The standard InChI is InChI=1S/C58H31N7O2.2Pt/c1-3-12-38-34-61-56(28-36(38)10-1)63-50-16-7-5-14-44(50)46-22-18-40(30-52(46)63)66-42-20-24-48-49-25-21-43(33-55(49)65(54(48)32-42)58-59-26-9-27-60-58)67-41-19-23-47-45-15-6-8-17-51(45)64(53(47)31-41)57-29-37-11-2-4-13-39(37)35-62-57;;/h1-29,34-35H;;/q-4;2*+2. The molecule has 0 amide bonds. The monoisotopic (exact) mass is 1250 g/mol. The molecule has 0 spiro atoms. The van der Waals surface area contributed by atoms with E-state index in [2.05, 4.69) is 128 Å². The maximum absolute atomic E-state index is 6.62. The van der Waals surface area contributed by atoms with E-state index in [1.165, 1.54) is 0 Å². The van der Waals surface area contributed by atoms with Crippen molar-refractivity contribution in [1.29, 1.82) is 0 Å². The first-order valence-electron chi connectivity index (χ1n) is 21.9. The molecule has 0 aliphatic carbocycles. The summed E-state index contributed by atoms with van der Waals surface area (Å²) in [6.45, 7) is 0. The van der Waals surface area contributed by atoms with E-state index in [9.17, 15) is 0 Å². The predicted octanol–water partition coefficient (Wildman–Crippen LogP) is 13.6. The molecule has 0 radical (unpaired) electrons. The molecule has 14 rings (SSSR count). The topological polar surface area (TPSA) is 84.8 Å². The van der Waals surface area contributed by atoms with Crippen molar-refractivity contribution in [2.45, 2.75) is 0 Å². The van der Waals surface area contributed by atoms with Crippen LogP contribution in [0.2, 0.25) is 0 Å². The van der Waals surface area contributed by atoms with Gasteiger partial charge in [0.15, 0.2) is 0 Å². The third kappa shape index (κ3) is 6.99. The number of fused-ring (bicyclic) bond motifs is 11. The summed E-state index contributed by atoms with van der Waals surface area (Å²) in [5.74, 6) is 4.16. The molecule has 6 heterocycles. The number of aromatic nitrogens is 7. The summed E-state index contributed by atoms with van der Waals surface area (Å²) < 4.78 is 19.5. The van der Waals surface area contributed by atoms with Gasteiger partial charge in [-0.05, 0) is 51.9 Å². The van der Waals surface area contributed by atoms with Gasteiger partial charge in [-0.25, -0.2) is 19.9 Å². The number of benzene rings is 8. The summed E-state index contributed by atoms with van der Waals surface area (Å²) in [7, 11) is 0. The van der Waals surface area contributed by atoms with Crippen LogP contribution in [0.5, 0.6) is 23.0 Å². The minimum atomic E-state index is 0. The zero-order valence-corrected chi connectivity index (χ0v) is 40.5. The fourth-order valence-electron chi connectivity index (χ4n) is 9.52. The van der Waals surface area contributed by atoms with E-state index in [-0.39, 0.29) is 42.1 Å². The number of rotatable bonds is 7. The fraction of sp³-hybridized carbons (Fsp3) is 0. The molecule has 0 N–H and O–H groups in total. The van der Waals surface area contributed by atoms with Crippen LogP contribution in [0.1, 0.15) is 0 Å². The van der Waals surface area contributed by atoms with Gasteiger partial charge in [0.1, 0.15) is 11.6 Å². The van der Waals surface area contributed by atoms with Gasteiger partial charge in [-0.1, -0.05) is 107 Å². The Morgan fingerprint density at radius 1 is 0.333 bits per heavy atom. The summed E-state index contributed by atoms with van der Waals surface area (Å²) in [6, 6.07) is 69.5. The van der Waals surface area contributed by atoms with Gasteiger partial charge < -0.3 is 23.2 Å². The molecule has 6 aromatic heterocycles. The predicted molar refractivity (Wildman–Crippen MR) is 264 cm³/mol. The quantitative estimate of drug-likeness (QED) is 0.148. The zero-order valence-electron chi connectivity index (χ0n) is 36.0. The Kier molecular flexibility index (Phi) is 10.4. The Morgan fingerprint density at radius 2 is 0.696 bits per heavy atom. The molecule has 0 saturated heterocycles. The molecule has 0 saturated carbocycles. The molecule has 0 fully saturated rings. The van der Waals surface area contributed by atoms with Crippen LogP contribution in [0.25, 0.3) is 105 Å². The molecule has 9 nitrogen and oxygen atoms in total. The van der Waals surface area contributed by atoms with Gasteiger partial charge in [-0.15, -0.1) is 59.3 Å². The van der Waals surface area contributed by atoms with Crippen LogP contribution >= 0.6 is 0 Å². The third-order valence-corrected chi connectivity index (χ3v) is 12.5. The van der Waals surface area contributed by atoms with E-state index in [1.54, 1.807) is 18.5 Å². The van der Waals surface area contributed by atoms with Crippen molar-refractivity contribution in [2.24, 2.45) is 0 Å². The molecule has 0 aliphatic rings. The van der Waals surface area contributed by atoms with E-state index in [4.69, 9.17) is 19.4 Å². The maximum Gasteiger partial charge on any atom is 2.00 e. The largest absolute Gasteiger partial charge is 2.00 e. The minimum absolute atomic E-state index is 0. The molecular weight excluding hydrogens is 1220 g/mol. The number of nitrogens with zero attached hydrogens (tertiary/aromatic N) is 7. The van der Waals surface area contributed by atoms with Gasteiger partial charge in [0.2, 0.25) is 5.95 Å². The second-order valence-electron chi connectivity index (χ2n) is 16.4. The first-order chi connectivity index (χ1) is 33.2. The Hall–Kier alpha value is -7.96. The molecule has 0 unspecified atom stereocenters. The molecule has 8 aromatic carbocycles. The summed E-state index contributed by atoms with van der Waals surface area (Å²) in [6.07, 6.45) is 7.28. The second-order valence-corrected chi connectivity index (χ2v) is 16.4. The molecule has 11 heteroatoms. The first kappa shape index (κ1) is 42.4. The van der Waals surface area contributed by atoms with Crippen molar-refractivity contribution < 1.29 is 51.6 Å². The summed E-state index contributed by atoms with van der Waals surface area (Å²) >= 11 is 0. The molecular formula is C58H31N7O2Pt2. The Labute approximate surface area is 422 Å². The maximum atomic E-state index is 6.62. The van der Waals surface area contributed by atoms with Gasteiger partial charge >= 0.3 is 42.1 Å². The van der Waals surface area contributed by atoms with Crippen LogP contribution < -0.4 is 9.47 Å². The van der Waals surface area contributed by atoms with Gasteiger partial charge in [0.25, 0.3) is 0 Å². The average molecular weight is 1250 g/mol. The van der Waals surface area contributed by atoms with Gasteiger partial charge in [0, 0.05) is 69.6 Å². The molecule has 14 aromatic rings. The SMILES string of the molecule is [Pt+2].[Pt+2].[c-]1c(Oc2[c-]c3c(cc2)c2ccccc2n3-c2cc3ccccc3cn2)ccc2c3ccc(Oc4[c-]c5c(cc4)c4ccccc4n5-c4cc5ccccc5cn4)[c-]c3n(-c3ncccn3)c12. The van der Waals surface area contributed by atoms with Crippen LogP contribution in [0.15, 0.2) is 189 Å². The Balaban J connectivity index is 0.00000246. The molecule has 330 valence electrons. The van der Waals surface area contributed by atoms with Crippen molar-refractivity contribution in [1.82, 2.24) is 33.6 Å². The van der Waals surface area contributed by atoms with E-state index < -0.39 is 0 Å². The second kappa shape index (κ2) is 17.0. The van der Waals surface area contributed by atoms with Gasteiger partial charge in [-0.2, -0.15) is 35.0 Å². The number of hydrogen-bond acceptors (Lipinski definition) is 6. The van der Waals surface area contributed by atoms with E-state index >= 15 is 0 Å². The van der Waals surface area contributed by atoms with Crippen LogP contribution in [-0.2, 0) is 42.1 Å². The van der Waals surface area contributed by atoms with Crippen LogP contribution in [0.4, 0.5) is 0 Å². The van der Waals surface area contributed by atoms with Crippen LogP contribution in [0, 0.1) is 24.3 Å². The van der Waals surface area contributed by atoms with Crippen LogP contribution in [-0.4, -0.2) is 33.6 Å². The van der Waals surface area contributed by atoms with Gasteiger partial charge in [-0.3, -0.25) is 0 Å². The number of pyridine rings is 2. The third-order valence-electron chi connectivity index (χ3n) is 12.5. The molecule has 0 atom stereocenters. The number of ether oxygens (including phenoxy) is 2. The molecule has 0 aliphatic heterocycles. The first-order valence-corrected chi connectivity index (χ1v) is 21.9. The van der Waals surface area contributed by atoms with Gasteiger partial charge in [0.05, 0.1) is 0 Å². The van der Waals surface area contributed by atoms with E-state index in [1.807, 2.05) is 89.8 Å². The molecule has 0 bridgehead atoms. The summed E-state index contributed by atoms with van der Waals surface area (Å²) in [4.78, 5) is 19.1. The van der Waals surface area contributed by atoms with Crippen molar-refractivity contribution in [2.75, 3.05) is 0 Å². The number of hydrogen-bond donors (Lipinski definition) is 0. The van der Waals surface area contributed by atoms with Crippen molar-refractivity contribution >= 4 is 87.0 Å². The van der Waals surface area contributed by atoms with Crippen LogP contribution in [0.3, 0.4) is 0 Å². The van der Waals surface area contributed by atoms with E-state index in [0.29, 0.717) is 28.9 Å². The van der Waals surface area contributed by atoms with Crippen molar-refractivity contribution in [3.05, 3.63) is 213 Å². The van der Waals surface area contributed by atoms with E-state index in [0.717, 1.165) is 98.6 Å². The fourth-order valence-corrected chi connectivity index (χ4v) is 9.52. The normalized spacial score (nSPS) is 11.5. The van der Waals surface area contributed by atoms with Crippen molar-refractivity contribution in [3.63, 3.8) is 0 Å². The van der Waals surface area contributed by atoms with Crippen molar-refractivity contribution in [3.8, 4) is 40.6 Å². The summed E-state index contributed by atoms with van der Waals surface area (Å²) in [5.41, 5.74) is 5.24. The smallest absolute Gasteiger partial charge is 0.509 e. The minimum Gasteiger partial charge on any atom is -0.509 e. The molecule has 69 heavy (non-hydrogen) atoms. The average Bonchev–Trinajstić information content (AvgIpc) is 4.01.